The summed E-state index contributed by atoms with van der Waals surface area (Å²) in [6.07, 6.45) is 4.55. The molecule has 0 amide bonds. The van der Waals surface area contributed by atoms with E-state index in [-0.39, 0.29) is 6.04 Å². The fourth-order valence-corrected chi connectivity index (χ4v) is 2.38. The number of hydrogen-bond donors (Lipinski definition) is 1. The SMILES string of the molecule is Cc1cnn(C[C@H](C)NCc2nnc(Cc3ccccc3)o2)c1. The molecule has 3 rings (SSSR count). The van der Waals surface area contributed by atoms with E-state index in [9.17, 15) is 0 Å². The van der Waals surface area contributed by atoms with E-state index < -0.39 is 0 Å². The Kier molecular flexibility index (Phi) is 4.83. The molecule has 1 aromatic carbocycles. The summed E-state index contributed by atoms with van der Waals surface area (Å²) in [7, 11) is 0. The molecule has 23 heavy (non-hydrogen) atoms. The second kappa shape index (κ2) is 7.19. The Balaban J connectivity index is 1.49. The maximum absolute atomic E-state index is 5.69. The fourth-order valence-electron chi connectivity index (χ4n) is 2.38. The van der Waals surface area contributed by atoms with Crippen LogP contribution in [0, 0.1) is 6.92 Å². The number of benzene rings is 1. The molecule has 0 aliphatic carbocycles. The molecule has 6 heteroatoms. The zero-order valence-corrected chi connectivity index (χ0v) is 13.4. The Bertz CT molecular complexity index is 734. The molecule has 0 saturated heterocycles. The quantitative estimate of drug-likeness (QED) is 0.725. The summed E-state index contributed by atoms with van der Waals surface area (Å²) < 4.78 is 7.62. The lowest BCUT2D eigenvalue weighted by Gasteiger charge is -2.12. The van der Waals surface area contributed by atoms with Gasteiger partial charge in [-0.25, -0.2) is 0 Å². The molecule has 0 bridgehead atoms. The minimum absolute atomic E-state index is 0.263. The van der Waals surface area contributed by atoms with Crippen LogP contribution in [-0.4, -0.2) is 26.0 Å². The minimum Gasteiger partial charge on any atom is -0.424 e. The standard InChI is InChI=1S/C17H21N5O/c1-13-9-19-22(11-13)12-14(2)18-10-17-21-20-16(23-17)8-15-6-4-3-5-7-15/h3-7,9,11,14,18H,8,10,12H2,1-2H3/t14-/m0/s1. The molecule has 0 fully saturated rings. The molecule has 3 aromatic rings. The van der Waals surface area contributed by atoms with Crippen molar-refractivity contribution in [1.29, 1.82) is 0 Å². The summed E-state index contributed by atoms with van der Waals surface area (Å²) in [6, 6.07) is 10.4. The van der Waals surface area contributed by atoms with Gasteiger partial charge in [-0.15, -0.1) is 10.2 Å². The molecule has 0 radical (unpaired) electrons. The average Bonchev–Trinajstić information content (AvgIpc) is 3.15. The van der Waals surface area contributed by atoms with Crippen LogP contribution in [0.25, 0.3) is 0 Å². The monoisotopic (exact) mass is 311 g/mol. The molecular formula is C17H21N5O. The molecule has 0 unspecified atom stereocenters. The topological polar surface area (TPSA) is 68.8 Å². The second-order valence-electron chi connectivity index (χ2n) is 5.77. The van der Waals surface area contributed by atoms with Gasteiger partial charge in [0.25, 0.3) is 0 Å². The number of hydrogen-bond acceptors (Lipinski definition) is 5. The van der Waals surface area contributed by atoms with Gasteiger partial charge in [0.05, 0.1) is 25.7 Å². The highest BCUT2D eigenvalue weighted by atomic mass is 16.4. The van der Waals surface area contributed by atoms with Crippen LogP contribution < -0.4 is 5.32 Å². The van der Waals surface area contributed by atoms with Gasteiger partial charge in [-0.2, -0.15) is 5.10 Å². The molecule has 0 spiro atoms. The van der Waals surface area contributed by atoms with E-state index in [1.807, 2.05) is 42.2 Å². The third-order valence-electron chi connectivity index (χ3n) is 3.53. The van der Waals surface area contributed by atoms with Crippen molar-refractivity contribution < 1.29 is 4.42 Å². The van der Waals surface area contributed by atoms with Gasteiger partial charge < -0.3 is 9.73 Å². The van der Waals surface area contributed by atoms with Crippen LogP contribution in [0.15, 0.2) is 47.1 Å². The third-order valence-corrected chi connectivity index (χ3v) is 3.53. The lowest BCUT2D eigenvalue weighted by Crippen LogP contribution is -2.30. The second-order valence-corrected chi connectivity index (χ2v) is 5.77. The molecule has 1 N–H and O–H groups in total. The van der Waals surface area contributed by atoms with Crippen molar-refractivity contribution in [2.24, 2.45) is 0 Å². The first-order valence-corrected chi connectivity index (χ1v) is 7.76. The van der Waals surface area contributed by atoms with Crippen molar-refractivity contribution in [2.45, 2.75) is 39.4 Å². The van der Waals surface area contributed by atoms with Crippen molar-refractivity contribution >= 4 is 0 Å². The molecule has 1 atom stereocenters. The lowest BCUT2D eigenvalue weighted by molar-refractivity contribution is 0.396. The Hall–Kier alpha value is -2.47. The van der Waals surface area contributed by atoms with Crippen molar-refractivity contribution in [3.05, 3.63) is 65.6 Å². The molecule has 0 aliphatic heterocycles. The first kappa shape index (κ1) is 15.4. The van der Waals surface area contributed by atoms with E-state index in [4.69, 9.17) is 4.42 Å². The highest BCUT2D eigenvalue weighted by Gasteiger charge is 2.09. The molecule has 0 saturated carbocycles. The Morgan fingerprint density at radius 2 is 1.96 bits per heavy atom. The predicted octanol–water partition coefficient (Wildman–Crippen LogP) is 2.34. The van der Waals surface area contributed by atoms with Crippen molar-refractivity contribution in [1.82, 2.24) is 25.3 Å². The van der Waals surface area contributed by atoms with E-state index in [1.165, 1.54) is 5.56 Å². The van der Waals surface area contributed by atoms with E-state index in [0.717, 1.165) is 12.1 Å². The van der Waals surface area contributed by atoms with E-state index in [1.54, 1.807) is 0 Å². The average molecular weight is 311 g/mol. The summed E-state index contributed by atoms with van der Waals surface area (Å²) in [4.78, 5) is 0. The summed E-state index contributed by atoms with van der Waals surface area (Å²) in [5, 5.41) is 15.9. The van der Waals surface area contributed by atoms with Gasteiger partial charge in [0, 0.05) is 12.2 Å². The minimum atomic E-state index is 0.263. The van der Waals surface area contributed by atoms with Crippen LogP contribution in [0.5, 0.6) is 0 Å². The van der Waals surface area contributed by atoms with Gasteiger partial charge in [0.1, 0.15) is 0 Å². The van der Waals surface area contributed by atoms with Gasteiger partial charge in [0.15, 0.2) is 0 Å². The zero-order chi connectivity index (χ0) is 16.1. The first-order valence-electron chi connectivity index (χ1n) is 7.76. The van der Waals surface area contributed by atoms with Crippen LogP contribution in [0.2, 0.25) is 0 Å². The van der Waals surface area contributed by atoms with Gasteiger partial charge in [-0.1, -0.05) is 30.3 Å². The smallest absolute Gasteiger partial charge is 0.230 e. The largest absolute Gasteiger partial charge is 0.424 e. The van der Waals surface area contributed by atoms with Crippen LogP contribution >= 0.6 is 0 Å². The Morgan fingerprint density at radius 3 is 2.70 bits per heavy atom. The first-order chi connectivity index (χ1) is 11.2. The maximum atomic E-state index is 5.69. The summed E-state index contributed by atoms with van der Waals surface area (Å²) in [6.45, 7) is 5.51. The zero-order valence-electron chi connectivity index (χ0n) is 13.4. The van der Waals surface area contributed by atoms with E-state index >= 15 is 0 Å². The number of aryl methyl sites for hydroxylation is 1. The third kappa shape index (κ3) is 4.50. The van der Waals surface area contributed by atoms with Crippen molar-refractivity contribution in [3.63, 3.8) is 0 Å². The molecule has 0 aliphatic rings. The highest BCUT2D eigenvalue weighted by Crippen LogP contribution is 2.08. The fraction of sp³-hybridized carbons (Fsp3) is 0.353. The molecule has 2 heterocycles. The van der Waals surface area contributed by atoms with Gasteiger partial charge >= 0.3 is 0 Å². The van der Waals surface area contributed by atoms with Crippen molar-refractivity contribution in [2.75, 3.05) is 0 Å². The van der Waals surface area contributed by atoms with Crippen LogP contribution in [-0.2, 0) is 19.5 Å². The number of rotatable bonds is 7. The van der Waals surface area contributed by atoms with Crippen LogP contribution in [0.1, 0.15) is 29.8 Å². The predicted molar refractivity (Wildman–Crippen MR) is 86.8 cm³/mol. The Morgan fingerprint density at radius 1 is 1.17 bits per heavy atom. The number of nitrogens with zero attached hydrogens (tertiary/aromatic N) is 4. The van der Waals surface area contributed by atoms with Crippen LogP contribution in [0.3, 0.4) is 0 Å². The molecule has 2 aromatic heterocycles. The maximum Gasteiger partial charge on any atom is 0.230 e. The Labute approximate surface area is 135 Å². The van der Waals surface area contributed by atoms with Crippen LogP contribution in [0.4, 0.5) is 0 Å². The highest BCUT2D eigenvalue weighted by molar-refractivity contribution is 5.17. The van der Waals surface area contributed by atoms with E-state index in [2.05, 4.69) is 39.7 Å². The molecular weight excluding hydrogens is 290 g/mol. The molecule has 120 valence electrons. The van der Waals surface area contributed by atoms with E-state index in [0.29, 0.717) is 24.7 Å². The van der Waals surface area contributed by atoms with Gasteiger partial charge in [0.2, 0.25) is 11.8 Å². The lowest BCUT2D eigenvalue weighted by atomic mass is 10.2. The molecule has 6 nitrogen and oxygen atoms in total. The summed E-state index contributed by atoms with van der Waals surface area (Å²) in [5.74, 6) is 1.25. The normalized spacial score (nSPS) is 12.4. The summed E-state index contributed by atoms with van der Waals surface area (Å²) >= 11 is 0. The number of nitrogens with one attached hydrogen (secondary N) is 1. The van der Waals surface area contributed by atoms with Gasteiger partial charge in [-0.3, -0.25) is 4.68 Å². The number of aromatic nitrogens is 4. The summed E-state index contributed by atoms with van der Waals surface area (Å²) in [5.41, 5.74) is 2.33. The van der Waals surface area contributed by atoms with Crippen molar-refractivity contribution in [3.8, 4) is 0 Å². The van der Waals surface area contributed by atoms with Gasteiger partial charge in [-0.05, 0) is 25.0 Å².